The van der Waals surface area contributed by atoms with E-state index in [1.807, 2.05) is 6.92 Å². The minimum absolute atomic E-state index is 0.116. The number of ether oxygens (including phenoxy) is 2. The lowest BCUT2D eigenvalue weighted by Gasteiger charge is -2.20. The predicted molar refractivity (Wildman–Crippen MR) is 86.8 cm³/mol. The van der Waals surface area contributed by atoms with Gasteiger partial charge < -0.3 is 19.9 Å². The highest BCUT2D eigenvalue weighted by Crippen LogP contribution is 2.14. The van der Waals surface area contributed by atoms with Crippen molar-refractivity contribution in [1.29, 1.82) is 0 Å². The normalized spacial score (nSPS) is 12.0. The van der Waals surface area contributed by atoms with E-state index in [-0.39, 0.29) is 12.0 Å². The van der Waals surface area contributed by atoms with Crippen molar-refractivity contribution in [3.8, 4) is 5.75 Å². The summed E-state index contributed by atoms with van der Waals surface area (Å²) in [5.74, 6) is -0.533. The molecule has 1 amide bonds. The van der Waals surface area contributed by atoms with Gasteiger partial charge in [-0.15, -0.1) is 0 Å². The van der Waals surface area contributed by atoms with E-state index >= 15 is 0 Å². The second-order valence-electron chi connectivity index (χ2n) is 5.49. The van der Waals surface area contributed by atoms with Crippen molar-refractivity contribution in [2.45, 2.75) is 33.3 Å². The summed E-state index contributed by atoms with van der Waals surface area (Å²) in [7, 11) is 0. The van der Waals surface area contributed by atoms with Gasteiger partial charge in [0.1, 0.15) is 5.75 Å². The van der Waals surface area contributed by atoms with Gasteiger partial charge in [-0.05, 0) is 37.5 Å². The summed E-state index contributed by atoms with van der Waals surface area (Å²) in [6, 6.07) is 6.46. The minimum Gasteiger partial charge on any atom is -0.482 e. The van der Waals surface area contributed by atoms with E-state index in [1.165, 1.54) is 6.07 Å². The first kappa shape index (κ1) is 19.0. The topological polar surface area (TPSA) is 84.9 Å². The van der Waals surface area contributed by atoms with Crippen molar-refractivity contribution in [1.82, 2.24) is 5.32 Å². The number of aliphatic carboxylic acids is 1. The van der Waals surface area contributed by atoms with Crippen molar-refractivity contribution in [2.75, 3.05) is 19.8 Å². The van der Waals surface area contributed by atoms with Crippen LogP contribution in [0.4, 0.5) is 0 Å². The van der Waals surface area contributed by atoms with Crippen LogP contribution in [-0.2, 0) is 9.53 Å². The zero-order valence-electron chi connectivity index (χ0n) is 13.9. The molecule has 0 spiro atoms. The Morgan fingerprint density at radius 3 is 2.65 bits per heavy atom. The molecule has 6 nitrogen and oxygen atoms in total. The number of carbonyl (C=O) groups excluding carboxylic acids is 1. The van der Waals surface area contributed by atoms with Gasteiger partial charge in [-0.3, -0.25) is 4.79 Å². The maximum atomic E-state index is 12.1. The molecule has 1 rings (SSSR count). The Bertz CT molecular complexity index is 515. The molecule has 128 valence electrons. The Balaban J connectivity index is 2.51. The molecule has 0 aromatic heterocycles. The lowest BCUT2D eigenvalue weighted by molar-refractivity contribution is -0.139. The molecule has 2 N–H and O–H groups in total. The number of rotatable bonds is 10. The van der Waals surface area contributed by atoms with Crippen molar-refractivity contribution in [3.05, 3.63) is 29.8 Å². The van der Waals surface area contributed by atoms with Gasteiger partial charge in [0.2, 0.25) is 0 Å². The van der Waals surface area contributed by atoms with Gasteiger partial charge in [-0.25, -0.2) is 4.79 Å². The van der Waals surface area contributed by atoms with Gasteiger partial charge in [0.05, 0.1) is 6.10 Å². The van der Waals surface area contributed by atoms with Gasteiger partial charge in [-0.2, -0.15) is 0 Å². The number of hydrogen-bond acceptors (Lipinski definition) is 4. The predicted octanol–water partition coefficient (Wildman–Crippen LogP) is 2.33. The summed E-state index contributed by atoms with van der Waals surface area (Å²) >= 11 is 0. The average molecular weight is 323 g/mol. The van der Waals surface area contributed by atoms with Crippen molar-refractivity contribution in [2.24, 2.45) is 5.92 Å². The number of benzene rings is 1. The van der Waals surface area contributed by atoms with Gasteiger partial charge in [0.25, 0.3) is 5.91 Å². The molecule has 0 bridgehead atoms. The van der Waals surface area contributed by atoms with E-state index in [2.05, 4.69) is 19.2 Å². The third kappa shape index (κ3) is 7.15. The van der Waals surface area contributed by atoms with E-state index in [9.17, 15) is 9.59 Å². The smallest absolute Gasteiger partial charge is 0.341 e. The maximum absolute atomic E-state index is 12.1. The highest BCUT2D eigenvalue weighted by Gasteiger charge is 2.14. The Morgan fingerprint density at radius 1 is 1.30 bits per heavy atom. The van der Waals surface area contributed by atoms with Crippen molar-refractivity contribution in [3.63, 3.8) is 0 Å². The molecule has 0 saturated heterocycles. The zero-order valence-corrected chi connectivity index (χ0v) is 13.9. The van der Waals surface area contributed by atoms with Crippen LogP contribution in [0, 0.1) is 5.92 Å². The molecule has 1 atom stereocenters. The van der Waals surface area contributed by atoms with E-state index in [0.717, 1.165) is 6.42 Å². The molecule has 0 saturated carbocycles. The highest BCUT2D eigenvalue weighted by molar-refractivity contribution is 5.94. The van der Waals surface area contributed by atoms with Gasteiger partial charge >= 0.3 is 5.97 Å². The van der Waals surface area contributed by atoms with Crippen molar-refractivity contribution < 1.29 is 24.2 Å². The van der Waals surface area contributed by atoms with Crippen LogP contribution in [0.5, 0.6) is 5.75 Å². The van der Waals surface area contributed by atoms with Crippen LogP contribution >= 0.6 is 0 Å². The van der Waals surface area contributed by atoms with Gasteiger partial charge in [0.15, 0.2) is 6.61 Å². The molecule has 0 fully saturated rings. The van der Waals surface area contributed by atoms with Crippen LogP contribution in [0.1, 0.15) is 37.6 Å². The summed E-state index contributed by atoms with van der Waals surface area (Å²) in [5, 5.41) is 11.4. The van der Waals surface area contributed by atoms with Gasteiger partial charge in [0, 0.05) is 18.7 Å². The zero-order chi connectivity index (χ0) is 17.2. The molecular weight excluding hydrogens is 298 g/mol. The molecule has 23 heavy (non-hydrogen) atoms. The first-order chi connectivity index (χ1) is 10.9. The fourth-order valence-corrected chi connectivity index (χ4v) is 2.13. The van der Waals surface area contributed by atoms with E-state index in [4.69, 9.17) is 14.6 Å². The Labute approximate surface area is 136 Å². The number of carboxylic acids is 1. The summed E-state index contributed by atoms with van der Waals surface area (Å²) in [5.41, 5.74) is 0.436. The third-order valence-corrected chi connectivity index (χ3v) is 3.30. The first-order valence-corrected chi connectivity index (χ1v) is 7.78. The van der Waals surface area contributed by atoms with Crippen LogP contribution in [0.2, 0.25) is 0 Å². The Hall–Kier alpha value is -2.08. The lowest BCUT2D eigenvalue weighted by atomic mass is 10.0. The standard InChI is InChI=1S/C17H25NO5/c1-4-22-15(12(2)3)8-9-18-17(21)13-6-5-7-14(10-13)23-11-16(19)20/h5-7,10,12,15H,4,8-9,11H2,1-3H3,(H,18,21)(H,19,20). The van der Waals surface area contributed by atoms with E-state index in [0.29, 0.717) is 30.4 Å². The molecule has 0 aliphatic carbocycles. The number of carbonyl (C=O) groups is 2. The lowest BCUT2D eigenvalue weighted by Crippen LogP contribution is -2.30. The van der Waals surface area contributed by atoms with Crippen LogP contribution < -0.4 is 10.1 Å². The maximum Gasteiger partial charge on any atom is 0.341 e. The van der Waals surface area contributed by atoms with Gasteiger partial charge in [-0.1, -0.05) is 19.9 Å². The largest absolute Gasteiger partial charge is 0.482 e. The molecular formula is C17H25NO5. The molecule has 6 heteroatoms. The second-order valence-corrected chi connectivity index (χ2v) is 5.49. The molecule has 0 radical (unpaired) electrons. The minimum atomic E-state index is -1.06. The number of carboxylic acid groups (broad SMARTS) is 1. The summed E-state index contributed by atoms with van der Waals surface area (Å²) in [6.07, 6.45) is 0.859. The Morgan fingerprint density at radius 2 is 2.04 bits per heavy atom. The second kappa shape index (κ2) is 9.84. The van der Waals surface area contributed by atoms with Crippen LogP contribution in [-0.4, -0.2) is 42.8 Å². The third-order valence-electron chi connectivity index (χ3n) is 3.30. The van der Waals surface area contributed by atoms with Crippen LogP contribution in [0.15, 0.2) is 24.3 Å². The molecule has 1 unspecified atom stereocenters. The number of nitrogens with one attached hydrogen (secondary N) is 1. The highest BCUT2D eigenvalue weighted by atomic mass is 16.5. The van der Waals surface area contributed by atoms with Crippen LogP contribution in [0.3, 0.4) is 0 Å². The Kier molecular flexibility index (Phi) is 8.11. The fraction of sp³-hybridized carbons (Fsp3) is 0.529. The monoisotopic (exact) mass is 323 g/mol. The molecule has 1 aromatic carbocycles. The quantitative estimate of drug-likeness (QED) is 0.690. The molecule has 0 aliphatic heterocycles. The van der Waals surface area contributed by atoms with E-state index < -0.39 is 12.6 Å². The number of amides is 1. The molecule has 0 heterocycles. The van der Waals surface area contributed by atoms with Crippen LogP contribution in [0.25, 0.3) is 0 Å². The van der Waals surface area contributed by atoms with Crippen molar-refractivity contribution >= 4 is 11.9 Å². The fourth-order valence-electron chi connectivity index (χ4n) is 2.13. The summed E-state index contributed by atoms with van der Waals surface area (Å²) in [4.78, 5) is 22.6. The SMILES string of the molecule is CCOC(CCNC(=O)c1cccc(OCC(=O)O)c1)C(C)C. The average Bonchev–Trinajstić information content (AvgIpc) is 2.52. The molecule has 0 aliphatic rings. The molecule has 1 aromatic rings. The summed E-state index contributed by atoms with van der Waals surface area (Å²) in [6.45, 7) is 6.87. The first-order valence-electron chi connectivity index (χ1n) is 7.78. The van der Waals surface area contributed by atoms with E-state index in [1.54, 1.807) is 18.2 Å². The number of hydrogen-bond donors (Lipinski definition) is 2. The summed E-state index contributed by atoms with van der Waals surface area (Å²) < 4.78 is 10.7.